The molecule has 0 radical (unpaired) electrons. The molecule has 0 spiro atoms. The van der Waals surface area contributed by atoms with Crippen molar-refractivity contribution in [2.75, 3.05) is 10.6 Å². The minimum absolute atomic E-state index is 0.0117. The second-order valence-corrected chi connectivity index (χ2v) is 6.02. The molecule has 0 fully saturated rings. The molecule has 0 saturated heterocycles. The van der Waals surface area contributed by atoms with Gasteiger partial charge in [-0.3, -0.25) is 4.79 Å². The van der Waals surface area contributed by atoms with E-state index < -0.39 is 0 Å². The third-order valence-electron chi connectivity index (χ3n) is 3.28. The number of halogens is 2. The van der Waals surface area contributed by atoms with Crippen molar-refractivity contribution in [3.05, 3.63) is 64.3 Å². The average Bonchev–Trinajstić information content (AvgIpc) is 2.59. The van der Waals surface area contributed by atoms with Crippen molar-refractivity contribution < 1.29 is 4.79 Å². The Morgan fingerprint density at radius 3 is 2.72 bits per heavy atom. The summed E-state index contributed by atoms with van der Waals surface area (Å²) in [6.45, 7) is 1.52. The first-order valence-electron chi connectivity index (χ1n) is 7.31. The fraction of sp³-hybridized carbons (Fsp3) is 0.0588. The highest BCUT2D eigenvalue weighted by Gasteiger charge is 2.07. The van der Waals surface area contributed by atoms with Gasteiger partial charge in [0.1, 0.15) is 0 Å². The van der Waals surface area contributed by atoms with Gasteiger partial charge >= 0.3 is 0 Å². The van der Waals surface area contributed by atoms with E-state index in [2.05, 4.69) is 25.8 Å². The van der Waals surface area contributed by atoms with E-state index in [-0.39, 0.29) is 11.7 Å². The summed E-state index contributed by atoms with van der Waals surface area (Å²) in [5.41, 5.74) is 1.91. The molecule has 3 rings (SSSR count). The van der Waals surface area contributed by atoms with Crippen LogP contribution in [0.25, 0.3) is 0 Å². The van der Waals surface area contributed by atoms with Crippen LogP contribution >= 0.6 is 23.2 Å². The molecule has 126 valence electrons. The Bertz CT molecular complexity index is 932. The number of rotatable bonds is 5. The molecule has 0 atom stereocenters. The number of benzene rings is 2. The number of anilines is 4. The van der Waals surface area contributed by atoms with Crippen molar-refractivity contribution in [2.24, 2.45) is 0 Å². The number of carbonyl (C=O) groups is 1. The molecule has 1 aromatic heterocycles. The maximum Gasteiger partial charge on any atom is 0.249 e. The van der Waals surface area contributed by atoms with E-state index in [1.165, 1.54) is 13.1 Å². The molecule has 0 aliphatic rings. The van der Waals surface area contributed by atoms with Crippen LogP contribution in [-0.2, 0) is 0 Å². The fourth-order valence-corrected chi connectivity index (χ4v) is 2.43. The maximum atomic E-state index is 11.5. The highest BCUT2D eigenvalue weighted by Crippen LogP contribution is 2.27. The zero-order valence-electron chi connectivity index (χ0n) is 13.1. The molecule has 8 heteroatoms. The highest BCUT2D eigenvalue weighted by atomic mass is 35.5. The molecule has 3 aromatic rings. The van der Waals surface area contributed by atoms with Gasteiger partial charge in [0.25, 0.3) is 0 Å². The van der Waals surface area contributed by atoms with Gasteiger partial charge in [-0.05, 0) is 37.3 Å². The van der Waals surface area contributed by atoms with E-state index in [4.69, 9.17) is 23.2 Å². The zero-order chi connectivity index (χ0) is 17.8. The lowest BCUT2D eigenvalue weighted by atomic mass is 10.1. The fourth-order valence-electron chi connectivity index (χ4n) is 2.09. The molecule has 6 nitrogen and oxygen atoms in total. The van der Waals surface area contributed by atoms with Crippen LogP contribution in [0.2, 0.25) is 10.0 Å². The van der Waals surface area contributed by atoms with Gasteiger partial charge in [-0.2, -0.15) is 10.1 Å². The Morgan fingerprint density at radius 1 is 1.08 bits per heavy atom. The summed E-state index contributed by atoms with van der Waals surface area (Å²) in [5.74, 6) is 0.718. The van der Waals surface area contributed by atoms with Crippen molar-refractivity contribution in [1.29, 1.82) is 0 Å². The summed E-state index contributed by atoms with van der Waals surface area (Å²) in [7, 11) is 0. The lowest BCUT2D eigenvalue weighted by molar-refractivity contribution is 0.101. The summed E-state index contributed by atoms with van der Waals surface area (Å²) in [4.78, 5) is 15.8. The van der Waals surface area contributed by atoms with Gasteiger partial charge in [0.15, 0.2) is 11.6 Å². The van der Waals surface area contributed by atoms with Crippen molar-refractivity contribution in [1.82, 2.24) is 15.2 Å². The molecule has 2 N–H and O–H groups in total. The third kappa shape index (κ3) is 4.43. The topological polar surface area (TPSA) is 79.8 Å². The largest absolute Gasteiger partial charge is 0.339 e. The van der Waals surface area contributed by atoms with Crippen LogP contribution in [0, 0.1) is 0 Å². The summed E-state index contributed by atoms with van der Waals surface area (Å²) in [6, 6.07) is 12.1. The minimum atomic E-state index is -0.0117. The van der Waals surface area contributed by atoms with E-state index >= 15 is 0 Å². The molecule has 0 unspecified atom stereocenters. The van der Waals surface area contributed by atoms with E-state index in [0.717, 1.165) is 5.69 Å². The minimum Gasteiger partial charge on any atom is -0.339 e. The van der Waals surface area contributed by atoms with Crippen LogP contribution in [0.3, 0.4) is 0 Å². The number of nitrogens with one attached hydrogen (secondary N) is 2. The maximum absolute atomic E-state index is 11.5. The van der Waals surface area contributed by atoms with E-state index in [0.29, 0.717) is 27.1 Å². The number of hydrogen-bond donors (Lipinski definition) is 2. The van der Waals surface area contributed by atoms with Gasteiger partial charge < -0.3 is 10.6 Å². The predicted molar refractivity (Wildman–Crippen MR) is 99.3 cm³/mol. The number of Topliss-reactive ketones (excluding diaryl/α,β-unsaturated/α-hetero) is 1. The van der Waals surface area contributed by atoms with Gasteiger partial charge in [0, 0.05) is 16.3 Å². The van der Waals surface area contributed by atoms with Crippen molar-refractivity contribution in [2.45, 2.75) is 6.92 Å². The molecule has 0 saturated carbocycles. The van der Waals surface area contributed by atoms with Crippen LogP contribution in [0.1, 0.15) is 17.3 Å². The van der Waals surface area contributed by atoms with Gasteiger partial charge in [-0.1, -0.05) is 35.3 Å². The molecule has 1 heterocycles. The van der Waals surface area contributed by atoms with Gasteiger partial charge in [-0.15, -0.1) is 5.10 Å². The number of carbonyl (C=O) groups excluding carboxylic acids is 1. The summed E-state index contributed by atoms with van der Waals surface area (Å²) in [5, 5.41) is 14.9. The van der Waals surface area contributed by atoms with Crippen molar-refractivity contribution in [3.8, 4) is 0 Å². The van der Waals surface area contributed by atoms with Crippen LogP contribution in [0.4, 0.5) is 23.1 Å². The monoisotopic (exact) mass is 373 g/mol. The average molecular weight is 374 g/mol. The second-order valence-electron chi connectivity index (χ2n) is 5.18. The molecular weight excluding hydrogens is 361 g/mol. The molecule has 2 aromatic carbocycles. The third-order valence-corrected chi connectivity index (χ3v) is 3.84. The van der Waals surface area contributed by atoms with Crippen LogP contribution in [0.15, 0.2) is 48.7 Å². The summed E-state index contributed by atoms with van der Waals surface area (Å²) < 4.78 is 0. The van der Waals surface area contributed by atoms with Crippen molar-refractivity contribution >= 4 is 52.1 Å². The van der Waals surface area contributed by atoms with Crippen molar-refractivity contribution in [3.63, 3.8) is 0 Å². The lowest BCUT2D eigenvalue weighted by Gasteiger charge is -2.09. The normalized spacial score (nSPS) is 10.4. The zero-order valence-corrected chi connectivity index (χ0v) is 14.6. The molecule has 0 aliphatic heterocycles. The first kappa shape index (κ1) is 17.1. The first-order valence-corrected chi connectivity index (χ1v) is 8.07. The van der Waals surface area contributed by atoms with Crippen LogP contribution < -0.4 is 10.6 Å². The van der Waals surface area contributed by atoms with Crippen LogP contribution in [0.5, 0.6) is 0 Å². The Morgan fingerprint density at radius 2 is 1.92 bits per heavy atom. The van der Waals surface area contributed by atoms with Gasteiger partial charge in [0.05, 0.1) is 16.9 Å². The molecule has 0 bridgehead atoms. The summed E-state index contributed by atoms with van der Waals surface area (Å²) >= 11 is 12.1. The molecular formula is C17H13Cl2N5O. The molecule has 25 heavy (non-hydrogen) atoms. The predicted octanol–water partition coefficient (Wildman–Crippen LogP) is 4.87. The SMILES string of the molecule is CC(=O)c1cccc(Nc2cnnc(Nc3cc(Cl)ccc3Cl)n2)c1. The van der Waals surface area contributed by atoms with Gasteiger partial charge in [-0.25, -0.2) is 0 Å². The summed E-state index contributed by atoms with van der Waals surface area (Å²) in [6.07, 6.45) is 1.48. The Balaban J connectivity index is 1.81. The van der Waals surface area contributed by atoms with E-state index in [1.54, 1.807) is 36.4 Å². The lowest BCUT2D eigenvalue weighted by Crippen LogP contribution is -2.03. The number of ketones is 1. The quantitative estimate of drug-likeness (QED) is 0.621. The Labute approximate surface area is 154 Å². The number of nitrogens with zero attached hydrogens (tertiary/aromatic N) is 3. The highest BCUT2D eigenvalue weighted by molar-refractivity contribution is 6.35. The van der Waals surface area contributed by atoms with E-state index in [9.17, 15) is 4.79 Å². The van der Waals surface area contributed by atoms with E-state index in [1.807, 2.05) is 6.07 Å². The molecule has 0 aliphatic carbocycles. The number of hydrogen-bond acceptors (Lipinski definition) is 6. The number of aromatic nitrogens is 3. The van der Waals surface area contributed by atoms with Crippen LogP contribution in [-0.4, -0.2) is 21.0 Å². The first-order chi connectivity index (χ1) is 12.0. The van der Waals surface area contributed by atoms with Gasteiger partial charge in [0.2, 0.25) is 5.95 Å². The standard InChI is InChI=1S/C17H13Cl2N5O/c1-10(25)11-3-2-4-13(7-11)21-16-9-20-24-17(23-16)22-15-8-12(18)5-6-14(15)19/h2-9H,1H3,(H2,21,22,23,24). The smallest absolute Gasteiger partial charge is 0.249 e. The Kier molecular flexibility index (Phi) is 5.11. The molecule has 0 amide bonds. The second kappa shape index (κ2) is 7.46. The Hall–Kier alpha value is -2.70.